The average molecular weight is 513 g/mol. The number of carboxylic acid groups (broad SMARTS) is 1. The maximum Gasteiger partial charge on any atom is 0.303 e. The van der Waals surface area contributed by atoms with E-state index in [4.69, 9.17) is 0 Å². The van der Waals surface area contributed by atoms with Crippen molar-refractivity contribution in [2.45, 2.75) is 64.1 Å². The van der Waals surface area contributed by atoms with Crippen LogP contribution in [-0.2, 0) is 27.5 Å². The number of benzene rings is 1. The number of carbonyl (C=O) groups excluding carboxylic acids is 2. The molecule has 2 aromatic heterocycles. The van der Waals surface area contributed by atoms with Gasteiger partial charge < -0.3 is 15.3 Å². The van der Waals surface area contributed by atoms with Gasteiger partial charge in [-0.3, -0.25) is 14.4 Å². The Morgan fingerprint density at radius 1 is 0.914 bits per heavy atom. The fourth-order valence-electron chi connectivity index (χ4n) is 4.00. The number of nitrogens with zero attached hydrogens (tertiary/aromatic N) is 1. The third-order valence-electron chi connectivity index (χ3n) is 5.77. The Morgan fingerprint density at radius 3 is 2.06 bits per heavy atom. The van der Waals surface area contributed by atoms with E-state index in [-0.39, 0.29) is 24.7 Å². The first-order valence-corrected chi connectivity index (χ1v) is 13.6. The third-order valence-corrected chi connectivity index (χ3v) is 7.49. The standard InChI is InChI=1S/C27H32N2O4S2/c1-2-3-13-24(28-25(30)16-21(17-26(31)32)20-9-5-4-6-10-20)27(33)29(18-22-11-7-14-34-22)19-23-12-8-15-35-23/h4-12,14-15,21,24H,2-3,13,16-19H2,1H3,(H,28,30)(H,31,32)/t21?,24-/m0/s1. The molecule has 35 heavy (non-hydrogen) atoms. The molecule has 0 radical (unpaired) electrons. The summed E-state index contributed by atoms with van der Waals surface area (Å²) in [6, 6.07) is 16.5. The van der Waals surface area contributed by atoms with Crippen LogP contribution >= 0.6 is 22.7 Å². The molecule has 0 aliphatic rings. The van der Waals surface area contributed by atoms with Crippen molar-refractivity contribution in [3.63, 3.8) is 0 Å². The van der Waals surface area contributed by atoms with Crippen LogP contribution in [0, 0.1) is 0 Å². The number of rotatable bonds is 14. The second-order valence-electron chi connectivity index (χ2n) is 8.52. The molecule has 0 bridgehead atoms. The van der Waals surface area contributed by atoms with Gasteiger partial charge in [-0.05, 0) is 34.9 Å². The second-order valence-corrected chi connectivity index (χ2v) is 10.6. The third kappa shape index (κ3) is 8.64. The normalized spacial score (nSPS) is 12.6. The largest absolute Gasteiger partial charge is 0.481 e. The van der Waals surface area contributed by atoms with E-state index in [1.165, 1.54) is 0 Å². The highest BCUT2D eigenvalue weighted by molar-refractivity contribution is 7.10. The molecular formula is C27H32N2O4S2. The summed E-state index contributed by atoms with van der Waals surface area (Å²) < 4.78 is 0. The summed E-state index contributed by atoms with van der Waals surface area (Å²) in [5.74, 6) is -1.82. The first kappa shape index (κ1) is 26.6. The van der Waals surface area contributed by atoms with E-state index in [2.05, 4.69) is 12.2 Å². The van der Waals surface area contributed by atoms with Crippen molar-refractivity contribution in [2.75, 3.05) is 0 Å². The summed E-state index contributed by atoms with van der Waals surface area (Å²) >= 11 is 3.21. The highest BCUT2D eigenvalue weighted by atomic mass is 32.1. The van der Waals surface area contributed by atoms with Crippen molar-refractivity contribution < 1.29 is 19.5 Å². The minimum atomic E-state index is -0.955. The predicted octanol–water partition coefficient (Wildman–Crippen LogP) is 5.66. The van der Waals surface area contributed by atoms with Crippen LogP contribution < -0.4 is 5.32 Å². The van der Waals surface area contributed by atoms with Crippen LogP contribution in [-0.4, -0.2) is 33.8 Å². The number of hydrogen-bond donors (Lipinski definition) is 2. The fraction of sp³-hybridized carbons (Fsp3) is 0.370. The molecule has 8 heteroatoms. The second kappa shape index (κ2) is 13.8. The molecule has 2 heterocycles. The minimum absolute atomic E-state index is 0.0159. The molecule has 0 aliphatic carbocycles. The van der Waals surface area contributed by atoms with Crippen LogP contribution in [0.15, 0.2) is 65.4 Å². The van der Waals surface area contributed by atoms with Crippen LogP contribution in [0.2, 0.25) is 0 Å². The maximum absolute atomic E-state index is 13.7. The number of unbranched alkanes of at least 4 members (excludes halogenated alkanes) is 1. The Kier molecular flexibility index (Phi) is 10.5. The molecule has 2 atom stereocenters. The first-order valence-electron chi connectivity index (χ1n) is 11.9. The zero-order chi connectivity index (χ0) is 25.0. The van der Waals surface area contributed by atoms with Crippen molar-refractivity contribution in [3.05, 3.63) is 80.7 Å². The average Bonchev–Trinajstić information content (AvgIpc) is 3.55. The molecule has 2 amide bonds. The number of amides is 2. The molecule has 0 saturated heterocycles. The predicted molar refractivity (Wildman–Crippen MR) is 140 cm³/mol. The van der Waals surface area contributed by atoms with E-state index in [0.29, 0.717) is 19.5 Å². The van der Waals surface area contributed by atoms with Crippen molar-refractivity contribution in [3.8, 4) is 0 Å². The Labute approximate surface area is 214 Å². The number of thiophene rings is 2. The molecule has 3 aromatic rings. The number of aliphatic carboxylic acids is 1. The van der Waals surface area contributed by atoms with E-state index in [9.17, 15) is 19.5 Å². The van der Waals surface area contributed by atoms with Crippen molar-refractivity contribution in [2.24, 2.45) is 0 Å². The number of hydrogen-bond acceptors (Lipinski definition) is 5. The van der Waals surface area contributed by atoms with E-state index in [0.717, 1.165) is 28.2 Å². The van der Waals surface area contributed by atoms with Gasteiger partial charge in [0, 0.05) is 22.1 Å². The lowest BCUT2D eigenvalue weighted by Gasteiger charge is -2.28. The zero-order valence-corrected chi connectivity index (χ0v) is 21.5. The quantitative estimate of drug-likeness (QED) is 0.292. The highest BCUT2D eigenvalue weighted by Gasteiger charge is 2.28. The molecule has 0 spiro atoms. The summed E-state index contributed by atoms with van der Waals surface area (Å²) in [6.07, 6.45) is 2.12. The molecule has 1 aromatic carbocycles. The smallest absolute Gasteiger partial charge is 0.303 e. The molecule has 6 nitrogen and oxygen atoms in total. The van der Waals surface area contributed by atoms with Crippen LogP contribution in [0.25, 0.3) is 0 Å². The van der Waals surface area contributed by atoms with E-state index < -0.39 is 17.9 Å². The molecule has 0 saturated carbocycles. The number of nitrogens with one attached hydrogen (secondary N) is 1. The van der Waals surface area contributed by atoms with Crippen LogP contribution in [0.3, 0.4) is 0 Å². The maximum atomic E-state index is 13.7. The highest BCUT2D eigenvalue weighted by Crippen LogP contribution is 2.24. The molecule has 186 valence electrons. The van der Waals surface area contributed by atoms with Gasteiger partial charge in [0.25, 0.3) is 0 Å². The SMILES string of the molecule is CCCC[C@H](NC(=O)CC(CC(=O)O)c1ccccc1)C(=O)N(Cc1cccs1)Cc1cccs1. The van der Waals surface area contributed by atoms with Gasteiger partial charge >= 0.3 is 5.97 Å². The van der Waals surface area contributed by atoms with Gasteiger partial charge in [-0.25, -0.2) is 0 Å². The molecule has 3 rings (SSSR count). The van der Waals surface area contributed by atoms with Crippen LogP contribution in [0.1, 0.15) is 60.3 Å². The van der Waals surface area contributed by atoms with E-state index >= 15 is 0 Å². The first-order chi connectivity index (χ1) is 17.0. The minimum Gasteiger partial charge on any atom is -0.481 e. The Morgan fingerprint density at radius 2 is 1.54 bits per heavy atom. The van der Waals surface area contributed by atoms with Gasteiger partial charge in [0.05, 0.1) is 19.5 Å². The summed E-state index contributed by atoms with van der Waals surface area (Å²) in [4.78, 5) is 42.2. The van der Waals surface area contributed by atoms with Gasteiger partial charge in [0.15, 0.2) is 0 Å². The fourth-order valence-corrected chi connectivity index (χ4v) is 5.44. The van der Waals surface area contributed by atoms with Crippen molar-refractivity contribution in [1.29, 1.82) is 0 Å². The van der Waals surface area contributed by atoms with Gasteiger partial charge in [0.2, 0.25) is 11.8 Å². The topological polar surface area (TPSA) is 86.7 Å². The lowest BCUT2D eigenvalue weighted by molar-refractivity contribution is -0.139. The molecule has 0 aliphatic heterocycles. The monoisotopic (exact) mass is 512 g/mol. The molecule has 0 fully saturated rings. The van der Waals surface area contributed by atoms with Gasteiger partial charge in [-0.15, -0.1) is 22.7 Å². The lowest BCUT2D eigenvalue weighted by atomic mass is 9.92. The van der Waals surface area contributed by atoms with Gasteiger partial charge in [-0.2, -0.15) is 0 Å². The Hall–Kier alpha value is -2.97. The molecule has 1 unspecified atom stereocenters. The Balaban J connectivity index is 1.75. The summed E-state index contributed by atoms with van der Waals surface area (Å²) in [6.45, 7) is 3.02. The molecular weight excluding hydrogens is 480 g/mol. The number of carbonyl (C=O) groups is 3. The summed E-state index contributed by atoms with van der Waals surface area (Å²) in [5.41, 5.74) is 0.804. The van der Waals surface area contributed by atoms with E-state index in [1.54, 1.807) is 22.7 Å². The zero-order valence-electron chi connectivity index (χ0n) is 19.9. The number of carboxylic acids is 1. The van der Waals surface area contributed by atoms with Crippen LogP contribution in [0.4, 0.5) is 0 Å². The summed E-state index contributed by atoms with van der Waals surface area (Å²) in [7, 11) is 0. The van der Waals surface area contributed by atoms with Crippen molar-refractivity contribution in [1.82, 2.24) is 10.2 Å². The van der Waals surface area contributed by atoms with Gasteiger partial charge in [-0.1, -0.05) is 62.2 Å². The lowest BCUT2D eigenvalue weighted by Crippen LogP contribution is -2.48. The van der Waals surface area contributed by atoms with Crippen LogP contribution in [0.5, 0.6) is 0 Å². The van der Waals surface area contributed by atoms with E-state index in [1.807, 2.05) is 70.3 Å². The van der Waals surface area contributed by atoms with Crippen molar-refractivity contribution >= 4 is 40.5 Å². The summed E-state index contributed by atoms with van der Waals surface area (Å²) in [5, 5.41) is 16.3. The Bertz CT molecular complexity index is 1020. The molecule has 2 N–H and O–H groups in total. The van der Waals surface area contributed by atoms with Gasteiger partial charge in [0.1, 0.15) is 6.04 Å².